The van der Waals surface area contributed by atoms with Gasteiger partial charge in [-0.15, -0.1) is 0 Å². The summed E-state index contributed by atoms with van der Waals surface area (Å²) in [5.41, 5.74) is 2.70. The first-order valence-electron chi connectivity index (χ1n) is 7.69. The summed E-state index contributed by atoms with van der Waals surface area (Å²) in [6.07, 6.45) is 0.516. The second kappa shape index (κ2) is 6.37. The van der Waals surface area contributed by atoms with Gasteiger partial charge in [0.15, 0.2) is 5.60 Å². The molecule has 0 radical (unpaired) electrons. The highest BCUT2D eigenvalue weighted by Crippen LogP contribution is 2.28. The molecule has 1 fully saturated rings. The molecule has 1 aliphatic rings. The predicted octanol–water partition coefficient (Wildman–Crippen LogP) is 1.97. The molecule has 0 saturated carbocycles. The Kier molecular flexibility index (Phi) is 4.46. The van der Waals surface area contributed by atoms with Gasteiger partial charge in [0.25, 0.3) is 5.91 Å². The molecule has 2 N–H and O–H groups in total. The van der Waals surface area contributed by atoms with Gasteiger partial charge in [-0.3, -0.25) is 4.79 Å². The van der Waals surface area contributed by atoms with E-state index in [2.05, 4.69) is 10.4 Å². The topological polar surface area (TPSA) is 67.2 Å². The maximum absolute atomic E-state index is 12.3. The molecular formula is C17H21N3O2S. The van der Waals surface area contributed by atoms with Gasteiger partial charge in [0.2, 0.25) is 0 Å². The van der Waals surface area contributed by atoms with Gasteiger partial charge in [-0.25, -0.2) is 4.68 Å². The van der Waals surface area contributed by atoms with Crippen LogP contribution in [0.2, 0.25) is 0 Å². The summed E-state index contributed by atoms with van der Waals surface area (Å²) in [6.45, 7) is 4.34. The van der Waals surface area contributed by atoms with Gasteiger partial charge < -0.3 is 10.4 Å². The molecule has 1 aromatic heterocycles. The molecule has 2 aromatic rings. The third kappa shape index (κ3) is 3.28. The molecule has 1 atom stereocenters. The fraction of sp³-hybridized carbons (Fsp3) is 0.412. The van der Waals surface area contributed by atoms with Crippen LogP contribution in [0.1, 0.15) is 23.4 Å². The van der Waals surface area contributed by atoms with Gasteiger partial charge in [-0.1, -0.05) is 18.2 Å². The molecule has 1 saturated heterocycles. The van der Waals surface area contributed by atoms with Crippen LogP contribution in [0.15, 0.2) is 30.3 Å². The van der Waals surface area contributed by atoms with Gasteiger partial charge in [-0.2, -0.15) is 16.9 Å². The van der Waals surface area contributed by atoms with Gasteiger partial charge in [0.05, 0.1) is 11.4 Å². The van der Waals surface area contributed by atoms with E-state index in [0.717, 1.165) is 28.4 Å². The lowest BCUT2D eigenvalue weighted by Gasteiger charge is -2.21. The average Bonchev–Trinajstić information content (AvgIpc) is 3.11. The number of hydrogen-bond acceptors (Lipinski definition) is 4. The Morgan fingerprint density at radius 3 is 2.87 bits per heavy atom. The summed E-state index contributed by atoms with van der Waals surface area (Å²) in [6, 6.07) is 9.88. The number of carbonyl (C=O) groups is 1. The highest BCUT2D eigenvalue weighted by molar-refractivity contribution is 7.99. The number of nitrogens with one attached hydrogen (secondary N) is 1. The maximum atomic E-state index is 12.3. The van der Waals surface area contributed by atoms with E-state index in [-0.39, 0.29) is 5.91 Å². The van der Waals surface area contributed by atoms with Crippen LogP contribution in [-0.2, 0) is 11.3 Å². The van der Waals surface area contributed by atoms with Crippen LogP contribution < -0.4 is 5.32 Å². The third-order valence-electron chi connectivity index (χ3n) is 4.09. The molecule has 1 aliphatic heterocycles. The maximum Gasteiger partial charge on any atom is 0.253 e. The van der Waals surface area contributed by atoms with Gasteiger partial charge >= 0.3 is 0 Å². The normalized spacial score (nSPS) is 20.7. The first kappa shape index (κ1) is 16.1. The van der Waals surface area contributed by atoms with Crippen molar-refractivity contribution in [3.05, 3.63) is 47.3 Å². The second-order valence-corrected chi connectivity index (χ2v) is 7.09. The first-order valence-corrected chi connectivity index (χ1v) is 8.85. The highest BCUT2D eigenvalue weighted by Gasteiger charge is 2.39. The number of hydrogen-bond donors (Lipinski definition) is 2. The van der Waals surface area contributed by atoms with E-state index in [4.69, 9.17) is 0 Å². The van der Waals surface area contributed by atoms with Gasteiger partial charge in [-0.05, 0) is 43.7 Å². The summed E-state index contributed by atoms with van der Waals surface area (Å²) in [5, 5.41) is 17.7. The zero-order chi connectivity index (χ0) is 16.4. The summed E-state index contributed by atoms with van der Waals surface area (Å²) in [4.78, 5) is 12.3. The summed E-state index contributed by atoms with van der Waals surface area (Å²) >= 11 is 1.61. The number of aliphatic hydroxyl groups is 1. The van der Waals surface area contributed by atoms with Crippen molar-refractivity contribution in [3.63, 3.8) is 0 Å². The van der Waals surface area contributed by atoms with Crippen molar-refractivity contribution in [3.8, 4) is 5.69 Å². The Morgan fingerprint density at radius 2 is 2.22 bits per heavy atom. The Hall–Kier alpha value is -1.79. The molecule has 0 aliphatic carbocycles. The summed E-state index contributed by atoms with van der Waals surface area (Å²) in [7, 11) is 0. The molecule has 122 valence electrons. The number of nitrogens with zero attached hydrogens (tertiary/aromatic N) is 2. The number of benzene rings is 1. The molecule has 0 spiro atoms. The minimum atomic E-state index is -1.22. The van der Waals surface area contributed by atoms with Crippen molar-refractivity contribution in [2.75, 3.05) is 11.5 Å². The molecule has 23 heavy (non-hydrogen) atoms. The second-order valence-electron chi connectivity index (χ2n) is 5.98. The molecule has 1 aromatic carbocycles. The van der Waals surface area contributed by atoms with Crippen molar-refractivity contribution < 1.29 is 9.90 Å². The van der Waals surface area contributed by atoms with Crippen molar-refractivity contribution in [2.45, 2.75) is 32.4 Å². The van der Waals surface area contributed by atoms with Crippen LogP contribution in [0.5, 0.6) is 0 Å². The fourth-order valence-electron chi connectivity index (χ4n) is 2.81. The Morgan fingerprint density at radius 1 is 1.43 bits per heavy atom. The fourth-order valence-corrected chi connectivity index (χ4v) is 4.05. The number of rotatable bonds is 4. The van der Waals surface area contributed by atoms with E-state index >= 15 is 0 Å². The van der Waals surface area contributed by atoms with E-state index in [9.17, 15) is 9.90 Å². The third-order valence-corrected chi connectivity index (χ3v) is 5.27. The highest BCUT2D eigenvalue weighted by atomic mass is 32.2. The van der Waals surface area contributed by atoms with Crippen LogP contribution in [0.25, 0.3) is 5.69 Å². The van der Waals surface area contributed by atoms with Crippen LogP contribution >= 0.6 is 11.8 Å². The van der Waals surface area contributed by atoms with Crippen LogP contribution in [0.3, 0.4) is 0 Å². The number of aromatic nitrogens is 2. The lowest BCUT2D eigenvalue weighted by molar-refractivity contribution is -0.137. The lowest BCUT2D eigenvalue weighted by atomic mass is 10.0. The Labute approximate surface area is 140 Å². The molecule has 3 rings (SSSR count). The van der Waals surface area contributed by atoms with Crippen molar-refractivity contribution >= 4 is 17.7 Å². The van der Waals surface area contributed by atoms with Gasteiger partial charge in [0.1, 0.15) is 0 Å². The lowest BCUT2D eigenvalue weighted by Crippen LogP contribution is -2.46. The van der Waals surface area contributed by atoms with Crippen molar-refractivity contribution in [1.82, 2.24) is 15.1 Å². The number of thioether (sulfide) groups is 1. The molecule has 1 amide bonds. The SMILES string of the molecule is Cc1cc(C)n(-c2ccccc2CNC(=O)C2(O)CCSC2)n1. The van der Waals surface area contributed by atoms with E-state index in [0.29, 0.717) is 18.7 Å². The monoisotopic (exact) mass is 331 g/mol. The summed E-state index contributed by atoms with van der Waals surface area (Å²) in [5.74, 6) is 1.01. The quantitative estimate of drug-likeness (QED) is 0.899. The molecule has 0 bridgehead atoms. The average molecular weight is 331 g/mol. The van der Waals surface area contributed by atoms with E-state index in [1.807, 2.05) is 48.9 Å². The zero-order valence-electron chi connectivity index (χ0n) is 13.4. The minimum Gasteiger partial charge on any atom is -0.379 e. The van der Waals surface area contributed by atoms with Crippen LogP contribution in [0, 0.1) is 13.8 Å². The van der Waals surface area contributed by atoms with Crippen LogP contribution in [-0.4, -0.2) is 37.9 Å². The number of carbonyl (C=O) groups excluding carboxylic acids is 1. The molecule has 5 nitrogen and oxygen atoms in total. The molecular weight excluding hydrogens is 310 g/mol. The van der Waals surface area contributed by atoms with Crippen molar-refractivity contribution in [2.24, 2.45) is 0 Å². The van der Waals surface area contributed by atoms with Crippen LogP contribution in [0.4, 0.5) is 0 Å². The smallest absolute Gasteiger partial charge is 0.253 e. The standard InChI is InChI=1S/C17H21N3O2S/c1-12-9-13(2)20(19-12)15-6-4-3-5-14(15)10-18-16(21)17(22)7-8-23-11-17/h3-6,9,22H,7-8,10-11H2,1-2H3,(H,18,21). The predicted molar refractivity (Wildman–Crippen MR) is 91.8 cm³/mol. The summed E-state index contributed by atoms with van der Waals surface area (Å²) < 4.78 is 1.89. The number of amides is 1. The van der Waals surface area contributed by atoms with E-state index in [1.165, 1.54) is 0 Å². The molecule has 1 unspecified atom stereocenters. The number of aryl methyl sites for hydroxylation is 2. The Bertz CT molecular complexity index is 720. The largest absolute Gasteiger partial charge is 0.379 e. The minimum absolute atomic E-state index is 0.286. The van der Waals surface area contributed by atoms with Gasteiger partial charge in [0, 0.05) is 18.0 Å². The number of para-hydroxylation sites is 1. The Balaban J connectivity index is 1.79. The van der Waals surface area contributed by atoms with Crippen molar-refractivity contribution in [1.29, 1.82) is 0 Å². The molecule has 2 heterocycles. The van der Waals surface area contributed by atoms with E-state index < -0.39 is 5.60 Å². The molecule has 6 heteroatoms. The first-order chi connectivity index (χ1) is 11.0. The zero-order valence-corrected chi connectivity index (χ0v) is 14.2. The van der Waals surface area contributed by atoms with E-state index in [1.54, 1.807) is 11.8 Å².